The Hall–Kier alpha value is -1.59. The third kappa shape index (κ3) is 46.7. The summed E-state index contributed by atoms with van der Waals surface area (Å²) < 4.78 is 11.3. The van der Waals surface area contributed by atoms with Crippen LogP contribution in [0.3, 0.4) is 0 Å². The van der Waals surface area contributed by atoms with Crippen LogP contribution in [0.25, 0.3) is 0 Å². The van der Waals surface area contributed by atoms with E-state index in [1.807, 2.05) is 0 Å². The summed E-state index contributed by atoms with van der Waals surface area (Å²) in [5.41, 5.74) is 0. The maximum absolute atomic E-state index is 13.1. The molecular weight excluding hydrogens is 959 g/mol. The van der Waals surface area contributed by atoms with Crippen LogP contribution in [-0.4, -0.2) is 87.5 Å². The highest BCUT2D eigenvalue weighted by Gasteiger charge is 2.44. The van der Waals surface area contributed by atoms with Crippen LogP contribution in [0.5, 0.6) is 0 Å². The lowest BCUT2D eigenvalue weighted by atomic mass is 9.99. The fourth-order valence-electron chi connectivity index (χ4n) is 10.9. The maximum atomic E-state index is 13.1. The van der Waals surface area contributed by atoms with Gasteiger partial charge >= 0.3 is 0 Å². The number of nitrogens with one attached hydrogen (secondary N) is 1. The molecule has 7 atom stereocenters. The Bertz CT molecular complexity index is 1310. The van der Waals surface area contributed by atoms with Gasteiger partial charge in [-0.15, -0.1) is 0 Å². The molecule has 77 heavy (non-hydrogen) atoms. The molecule has 0 aromatic heterocycles. The van der Waals surface area contributed by atoms with Gasteiger partial charge in [-0.1, -0.05) is 314 Å². The summed E-state index contributed by atoms with van der Waals surface area (Å²) in [6.45, 7) is 3.86. The van der Waals surface area contributed by atoms with Crippen molar-refractivity contribution in [3.05, 3.63) is 36.5 Å². The fourth-order valence-corrected chi connectivity index (χ4v) is 10.9. The molecule has 9 heteroatoms. The molecular formula is C68H129NO8. The largest absolute Gasteiger partial charge is 0.394 e. The van der Waals surface area contributed by atoms with Gasteiger partial charge in [0.05, 0.1) is 25.4 Å². The number of hydrogen-bond acceptors (Lipinski definition) is 8. The molecule has 0 radical (unpaired) electrons. The minimum atomic E-state index is -1.55. The molecule has 0 saturated carbocycles. The average Bonchev–Trinajstić information content (AvgIpc) is 3.43. The first-order chi connectivity index (χ1) is 37.8. The van der Waals surface area contributed by atoms with Crippen molar-refractivity contribution in [1.29, 1.82) is 0 Å². The highest BCUT2D eigenvalue weighted by Crippen LogP contribution is 2.24. The smallest absolute Gasteiger partial charge is 0.220 e. The highest BCUT2D eigenvalue weighted by molar-refractivity contribution is 5.76. The van der Waals surface area contributed by atoms with Gasteiger partial charge in [0.2, 0.25) is 5.91 Å². The topological polar surface area (TPSA) is 149 Å². The van der Waals surface area contributed by atoms with Gasteiger partial charge in [0.25, 0.3) is 0 Å². The van der Waals surface area contributed by atoms with Gasteiger partial charge in [0.1, 0.15) is 24.4 Å². The summed E-state index contributed by atoms with van der Waals surface area (Å²) in [5.74, 6) is -0.138. The average molecular weight is 1090 g/mol. The van der Waals surface area contributed by atoms with Crippen LogP contribution < -0.4 is 5.32 Å². The van der Waals surface area contributed by atoms with E-state index in [4.69, 9.17) is 9.47 Å². The number of amides is 1. The summed E-state index contributed by atoms with van der Waals surface area (Å²) in [4.78, 5) is 13.1. The minimum absolute atomic E-state index is 0.133. The summed E-state index contributed by atoms with van der Waals surface area (Å²) in [6.07, 6.45) is 69.3. The predicted molar refractivity (Wildman–Crippen MR) is 327 cm³/mol. The predicted octanol–water partition coefficient (Wildman–Crippen LogP) is 17.9. The Morgan fingerprint density at radius 2 is 0.766 bits per heavy atom. The van der Waals surface area contributed by atoms with Crippen molar-refractivity contribution in [1.82, 2.24) is 5.32 Å². The Morgan fingerprint density at radius 1 is 0.442 bits per heavy atom. The number of allylic oxidation sites excluding steroid dienone is 6. The summed E-state index contributed by atoms with van der Waals surface area (Å²) >= 11 is 0. The maximum Gasteiger partial charge on any atom is 0.220 e. The van der Waals surface area contributed by atoms with Crippen molar-refractivity contribution >= 4 is 5.91 Å². The molecule has 454 valence electrons. The molecule has 0 bridgehead atoms. The van der Waals surface area contributed by atoms with Crippen LogP contribution in [0.2, 0.25) is 0 Å². The van der Waals surface area contributed by atoms with Crippen molar-refractivity contribution in [2.75, 3.05) is 13.2 Å². The summed E-state index contributed by atoms with van der Waals surface area (Å²) in [7, 11) is 0. The Labute approximate surface area is 476 Å². The Kier molecular flexibility index (Phi) is 55.0. The molecule has 1 aliphatic rings. The van der Waals surface area contributed by atoms with E-state index in [2.05, 4.69) is 55.6 Å². The van der Waals surface area contributed by atoms with E-state index in [1.54, 1.807) is 0 Å². The first-order valence-corrected chi connectivity index (χ1v) is 33.7. The molecule has 0 aromatic carbocycles. The molecule has 7 unspecified atom stereocenters. The lowest BCUT2D eigenvalue weighted by Crippen LogP contribution is -2.60. The zero-order valence-electron chi connectivity index (χ0n) is 50.7. The van der Waals surface area contributed by atoms with Gasteiger partial charge in [-0.2, -0.15) is 0 Å². The highest BCUT2D eigenvalue weighted by atomic mass is 16.7. The first kappa shape index (κ1) is 73.4. The fraction of sp³-hybridized carbons (Fsp3) is 0.897. The zero-order chi connectivity index (χ0) is 55.8. The van der Waals surface area contributed by atoms with Gasteiger partial charge < -0.3 is 40.3 Å². The van der Waals surface area contributed by atoms with Crippen molar-refractivity contribution in [3.63, 3.8) is 0 Å². The van der Waals surface area contributed by atoms with Gasteiger partial charge in [-0.25, -0.2) is 0 Å². The van der Waals surface area contributed by atoms with Crippen molar-refractivity contribution in [2.24, 2.45) is 0 Å². The van der Waals surface area contributed by atoms with Crippen LogP contribution in [-0.2, 0) is 14.3 Å². The third-order valence-corrected chi connectivity index (χ3v) is 16.2. The number of aliphatic hydroxyl groups excluding tert-OH is 5. The molecule has 1 heterocycles. The standard InChI is InChI=1S/C68H129NO8/c1-3-5-7-9-11-13-15-17-19-20-21-22-23-24-25-26-27-28-29-30-31-32-33-34-35-36-37-38-39-40-41-42-44-46-48-50-52-54-56-58-64(72)69-61(60-76-68-67(75)66(74)65(73)63(59-70)77-68)62(71)57-55-53-51-49-47-45-43-18-16-14-12-10-8-6-4-2/h15,17,20-21,23-24,61-63,65-68,70-71,73-75H,3-14,16,18-19,22,25-60H2,1-2H3,(H,69,72)/b17-15-,21-20-,24-23-. The van der Waals surface area contributed by atoms with E-state index in [-0.39, 0.29) is 12.5 Å². The molecule has 1 fully saturated rings. The molecule has 9 nitrogen and oxygen atoms in total. The zero-order valence-corrected chi connectivity index (χ0v) is 50.7. The van der Waals surface area contributed by atoms with Gasteiger partial charge in [-0.3, -0.25) is 4.79 Å². The van der Waals surface area contributed by atoms with Crippen molar-refractivity contribution in [3.8, 4) is 0 Å². The van der Waals surface area contributed by atoms with Crippen molar-refractivity contribution < 1.29 is 39.8 Å². The van der Waals surface area contributed by atoms with Gasteiger partial charge in [-0.05, 0) is 51.4 Å². The van der Waals surface area contributed by atoms with E-state index in [0.717, 1.165) is 51.4 Å². The SMILES string of the molecule is CCCCCCC/C=C\C/C=C\C/C=C\CCCCCCCCCCCCCCCCCCCCCCCCCCC(=O)NC(COC1OC(CO)C(O)C(O)C1O)C(O)CCCCCCCCCCCCCCCCC. The Morgan fingerprint density at radius 3 is 1.13 bits per heavy atom. The molecule has 1 rings (SSSR count). The molecule has 6 N–H and O–H groups in total. The van der Waals surface area contributed by atoms with Crippen molar-refractivity contribution in [2.45, 2.75) is 378 Å². The molecule has 0 spiro atoms. The number of hydrogen-bond donors (Lipinski definition) is 6. The molecule has 1 saturated heterocycles. The lowest BCUT2D eigenvalue weighted by molar-refractivity contribution is -0.302. The van der Waals surface area contributed by atoms with Crippen LogP contribution >= 0.6 is 0 Å². The molecule has 0 aromatic rings. The summed E-state index contributed by atoms with van der Waals surface area (Å²) in [5, 5.41) is 54.7. The minimum Gasteiger partial charge on any atom is -0.394 e. The first-order valence-electron chi connectivity index (χ1n) is 33.7. The number of aliphatic hydroxyl groups is 5. The lowest BCUT2D eigenvalue weighted by Gasteiger charge is -2.40. The van der Waals surface area contributed by atoms with Crippen LogP contribution in [0.1, 0.15) is 335 Å². The Balaban J connectivity index is 2.03. The van der Waals surface area contributed by atoms with E-state index < -0.39 is 49.5 Å². The molecule has 0 aliphatic carbocycles. The van der Waals surface area contributed by atoms with E-state index >= 15 is 0 Å². The van der Waals surface area contributed by atoms with Gasteiger partial charge in [0, 0.05) is 6.42 Å². The molecule has 1 aliphatic heterocycles. The second-order valence-electron chi connectivity index (χ2n) is 23.6. The quantitative estimate of drug-likeness (QED) is 0.0261. The van der Waals surface area contributed by atoms with Crippen LogP contribution in [0.4, 0.5) is 0 Å². The second kappa shape index (κ2) is 57.6. The third-order valence-electron chi connectivity index (χ3n) is 16.2. The monoisotopic (exact) mass is 1090 g/mol. The van der Waals surface area contributed by atoms with Crippen LogP contribution in [0.15, 0.2) is 36.5 Å². The van der Waals surface area contributed by atoms with E-state index in [1.165, 1.54) is 257 Å². The van der Waals surface area contributed by atoms with E-state index in [0.29, 0.717) is 12.8 Å². The van der Waals surface area contributed by atoms with Gasteiger partial charge in [0.15, 0.2) is 6.29 Å². The second-order valence-corrected chi connectivity index (χ2v) is 23.6. The number of carbonyl (C=O) groups excluding carboxylic acids is 1. The molecule has 1 amide bonds. The van der Waals surface area contributed by atoms with E-state index in [9.17, 15) is 30.3 Å². The van der Waals surface area contributed by atoms with Crippen LogP contribution in [0, 0.1) is 0 Å². The number of unbranched alkanes of at least 4 members (excludes halogenated alkanes) is 43. The summed E-state index contributed by atoms with van der Waals surface area (Å²) in [6, 6.07) is -0.716. The number of carbonyl (C=O) groups is 1. The number of ether oxygens (including phenoxy) is 2. The normalized spacial score (nSPS) is 18.9. The number of rotatable bonds is 59.